The first-order chi connectivity index (χ1) is 13.9. The van der Waals surface area contributed by atoms with Crippen molar-refractivity contribution < 1.29 is 19.4 Å². The third kappa shape index (κ3) is 4.16. The maximum Gasteiger partial charge on any atom is 0.223 e. The number of piperidine rings is 1. The number of nitrogens with one attached hydrogen (secondary N) is 1. The third-order valence-corrected chi connectivity index (χ3v) is 7.24. The van der Waals surface area contributed by atoms with Crippen molar-refractivity contribution in [2.24, 2.45) is 5.92 Å². The predicted molar refractivity (Wildman–Crippen MR) is 111 cm³/mol. The van der Waals surface area contributed by atoms with Gasteiger partial charge in [-0.15, -0.1) is 0 Å². The van der Waals surface area contributed by atoms with Gasteiger partial charge in [0.05, 0.1) is 18.2 Å². The average Bonchev–Trinajstić information content (AvgIpc) is 2.67. The lowest BCUT2D eigenvalue weighted by Crippen LogP contribution is -2.69. The fraction of sp³-hybridized carbons (Fsp3) is 0.696. The SMILES string of the molecule is COc1cccc(CN2CCC3(CC2)OCC[C@@](C)(NC(=O)C2CCC2)[C@@H]3O)c1. The van der Waals surface area contributed by atoms with E-state index in [1.54, 1.807) is 7.11 Å². The molecule has 2 heterocycles. The van der Waals surface area contributed by atoms with Gasteiger partial charge in [0, 0.05) is 32.2 Å². The van der Waals surface area contributed by atoms with Crippen LogP contribution in [0.4, 0.5) is 0 Å². The maximum absolute atomic E-state index is 12.5. The Hall–Kier alpha value is -1.63. The van der Waals surface area contributed by atoms with E-state index in [0.29, 0.717) is 13.0 Å². The van der Waals surface area contributed by atoms with E-state index in [1.165, 1.54) is 5.56 Å². The lowest BCUT2D eigenvalue weighted by Gasteiger charge is -2.54. The van der Waals surface area contributed by atoms with E-state index in [9.17, 15) is 9.90 Å². The first-order valence-corrected chi connectivity index (χ1v) is 10.9. The summed E-state index contributed by atoms with van der Waals surface area (Å²) in [6, 6.07) is 8.17. The molecule has 0 bridgehead atoms. The van der Waals surface area contributed by atoms with Gasteiger partial charge in [-0.3, -0.25) is 9.69 Å². The van der Waals surface area contributed by atoms with E-state index in [0.717, 1.165) is 57.5 Å². The molecule has 6 nitrogen and oxygen atoms in total. The number of carbonyl (C=O) groups excluding carboxylic acids is 1. The Morgan fingerprint density at radius 2 is 2.07 bits per heavy atom. The molecule has 2 N–H and O–H groups in total. The van der Waals surface area contributed by atoms with Crippen molar-refractivity contribution in [1.82, 2.24) is 10.2 Å². The molecule has 1 spiro atoms. The average molecular weight is 403 g/mol. The molecule has 2 saturated heterocycles. The number of nitrogens with zero attached hydrogens (tertiary/aromatic N) is 1. The highest BCUT2D eigenvalue weighted by Crippen LogP contribution is 2.40. The van der Waals surface area contributed by atoms with E-state index in [-0.39, 0.29) is 11.8 Å². The van der Waals surface area contributed by atoms with Crippen LogP contribution in [-0.2, 0) is 16.1 Å². The first-order valence-electron chi connectivity index (χ1n) is 10.9. The number of aliphatic hydroxyl groups excluding tert-OH is 1. The van der Waals surface area contributed by atoms with Crippen LogP contribution in [0.5, 0.6) is 5.75 Å². The quantitative estimate of drug-likeness (QED) is 0.792. The molecule has 1 saturated carbocycles. The minimum absolute atomic E-state index is 0.102. The van der Waals surface area contributed by atoms with Gasteiger partial charge in [0.15, 0.2) is 0 Å². The van der Waals surface area contributed by atoms with Gasteiger partial charge in [0.25, 0.3) is 0 Å². The van der Waals surface area contributed by atoms with Crippen molar-refractivity contribution in [1.29, 1.82) is 0 Å². The Morgan fingerprint density at radius 1 is 1.31 bits per heavy atom. The molecule has 4 rings (SSSR count). The zero-order valence-electron chi connectivity index (χ0n) is 17.7. The Morgan fingerprint density at radius 3 is 2.72 bits per heavy atom. The van der Waals surface area contributed by atoms with E-state index in [1.807, 2.05) is 19.1 Å². The molecule has 1 aromatic rings. The van der Waals surface area contributed by atoms with Crippen LogP contribution < -0.4 is 10.1 Å². The molecule has 2 atom stereocenters. The van der Waals surface area contributed by atoms with Crippen molar-refractivity contribution in [3.8, 4) is 5.75 Å². The zero-order valence-corrected chi connectivity index (χ0v) is 17.7. The van der Waals surface area contributed by atoms with Crippen LogP contribution in [-0.4, -0.2) is 60.0 Å². The molecule has 6 heteroatoms. The molecule has 0 radical (unpaired) electrons. The number of methoxy groups -OCH3 is 1. The molecular formula is C23H34N2O4. The fourth-order valence-corrected chi connectivity index (χ4v) is 4.98. The molecule has 0 unspecified atom stereocenters. The predicted octanol–water partition coefficient (Wildman–Crippen LogP) is 2.49. The van der Waals surface area contributed by atoms with Gasteiger partial charge in [-0.1, -0.05) is 18.6 Å². The Labute approximate surface area is 173 Å². The number of rotatable bonds is 5. The summed E-state index contributed by atoms with van der Waals surface area (Å²) in [5.41, 5.74) is 0.0491. The summed E-state index contributed by atoms with van der Waals surface area (Å²) in [4.78, 5) is 14.9. The van der Waals surface area contributed by atoms with Gasteiger partial charge < -0.3 is 19.9 Å². The lowest BCUT2D eigenvalue weighted by molar-refractivity contribution is -0.208. The Balaban J connectivity index is 1.38. The summed E-state index contributed by atoms with van der Waals surface area (Å²) in [6.45, 7) is 5.15. The van der Waals surface area contributed by atoms with Gasteiger partial charge >= 0.3 is 0 Å². The second-order valence-corrected chi connectivity index (χ2v) is 9.23. The van der Waals surface area contributed by atoms with Crippen LogP contribution in [0.1, 0.15) is 51.0 Å². The summed E-state index contributed by atoms with van der Waals surface area (Å²) in [5.74, 6) is 1.10. The molecule has 1 amide bonds. The third-order valence-electron chi connectivity index (χ3n) is 7.24. The highest BCUT2D eigenvalue weighted by Gasteiger charge is 2.54. The summed E-state index contributed by atoms with van der Waals surface area (Å²) in [5, 5.41) is 14.5. The minimum atomic E-state index is -0.688. The van der Waals surface area contributed by atoms with Gasteiger partial charge in [0.2, 0.25) is 5.91 Å². The molecule has 1 aliphatic carbocycles. The number of aliphatic hydroxyl groups is 1. The number of likely N-dealkylation sites (tertiary alicyclic amines) is 1. The molecular weight excluding hydrogens is 368 g/mol. The van der Waals surface area contributed by atoms with Gasteiger partial charge in [-0.25, -0.2) is 0 Å². The van der Waals surface area contributed by atoms with Gasteiger partial charge in [0.1, 0.15) is 11.9 Å². The lowest BCUT2D eigenvalue weighted by atomic mass is 9.72. The van der Waals surface area contributed by atoms with Crippen LogP contribution >= 0.6 is 0 Å². The monoisotopic (exact) mass is 402 g/mol. The van der Waals surface area contributed by atoms with E-state index >= 15 is 0 Å². The minimum Gasteiger partial charge on any atom is -0.497 e. The number of amides is 1. The molecule has 160 valence electrons. The number of carbonyl (C=O) groups is 1. The number of benzene rings is 1. The summed E-state index contributed by atoms with van der Waals surface area (Å²) >= 11 is 0. The highest BCUT2D eigenvalue weighted by atomic mass is 16.5. The van der Waals surface area contributed by atoms with Crippen LogP contribution in [0, 0.1) is 5.92 Å². The van der Waals surface area contributed by atoms with Crippen molar-refractivity contribution in [2.75, 3.05) is 26.8 Å². The van der Waals surface area contributed by atoms with Crippen LogP contribution in [0.15, 0.2) is 24.3 Å². The number of ether oxygens (including phenoxy) is 2. The smallest absolute Gasteiger partial charge is 0.223 e. The topological polar surface area (TPSA) is 71.0 Å². The summed E-state index contributed by atoms with van der Waals surface area (Å²) in [7, 11) is 1.69. The van der Waals surface area contributed by atoms with E-state index in [2.05, 4.69) is 22.3 Å². The number of hydrogen-bond acceptors (Lipinski definition) is 5. The standard InChI is InChI=1S/C23H34N2O4/c1-22(24-20(26)18-6-4-7-18)11-14-29-23(21(22)27)9-12-25(13-10-23)16-17-5-3-8-19(15-17)28-2/h3,5,8,15,18,21,27H,4,6-7,9-14,16H2,1-2H3,(H,24,26)/t21-,22+/m0/s1. The van der Waals surface area contributed by atoms with Crippen LogP contribution in [0.2, 0.25) is 0 Å². The van der Waals surface area contributed by atoms with Crippen molar-refractivity contribution in [3.63, 3.8) is 0 Å². The molecule has 3 aliphatic rings. The Bertz CT molecular complexity index is 727. The van der Waals surface area contributed by atoms with Crippen molar-refractivity contribution in [3.05, 3.63) is 29.8 Å². The van der Waals surface area contributed by atoms with Crippen LogP contribution in [0.3, 0.4) is 0 Å². The van der Waals surface area contributed by atoms with E-state index < -0.39 is 17.2 Å². The molecule has 0 aromatic heterocycles. The molecule has 2 aliphatic heterocycles. The zero-order chi connectivity index (χ0) is 20.5. The molecule has 3 fully saturated rings. The Kier molecular flexibility index (Phi) is 5.87. The fourth-order valence-electron chi connectivity index (χ4n) is 4.98. The molecule has 29 heavy (non-hydrogen) atoms. The van der Waals surface area contributed by atoms with Gasteiger partial charge in [-0.2, -0.15) is 0 Å². The summed E-state index contributed by atoms with van der Waals surface area (Å²) in [6.07, 6.45) is 4.58. The van der Waals surface area contributed by atoms with Crippen molar-refractivity contribution in [2.45, 2.75) is 69.2 Å². The van der Waals surface area contributed by atoms with Crippen molar-refractivity contribution >= 4 is 5.91 Å². The molecule has 1 aromatic carbocycles. The van der Waals surface area contributed by atoms with Gasteiger partial charge in [-0.05, 0) is 56.7 Å². The van der Waals surface area contributed by atoms with E-state index in [4.69, 9.17) is 9.47 Å². The largest absolute Gasteiger partial charge is 0.497 e. The summed E-state index contributed by atoms with van der Waals surface area (Å²) < 4.78 is 11.5. The first kappa shape index (κ1) is 20.6. The maximum atomic E-state index is 12.5. The second kappa shape index (κ2) is 8.25. The van der Waals surface area contributed by atoms with Crippen LogP contribution in [0.25, 0.3) is 0 Å². The normalized spacial score (nSPS) is 30.0. The highest BCUT2D eigenvalue weighted by molar-refractivity contribution is 5.80. The number of hydrogen-bond donors (Lipinski definition) is 2. The second-order valence-electron chi connectivity index (χ2n) is 9.23.